The second kappa shape index (κ2) is 8.22. The van der Waals surface area contributed by atoms with Gasteiger partial charge in [-0.1, -0.05) is 31.2 Å². The van der Waals surface area contributed by atoms with Gasteiger partial charge in [0.2, 0.25) is 0 Å². The van der Waals surface area contributed by atoms with Crippen LogP contribution in [0.15, 0.2) is 54.9 Å². The van der Waals surface area contributed by atoms with Crippen LogP contribution in [0.25, 0.3) is 22.3 Å². The van der Waals surface area contributed by atoms with E-state index in [0.29, 0.717) is 23.3 Å². The predicted octanol–water partition coefficient (Wildman–Crippen LogP) is 3.81. The number of aryl methyl sites for hydroxylation is 1. The van der Waals surface area contributed by atoms with Crippen LogP contribution in [0.3, 0.4) is 0 Å². The molecule has 4 aromatic rings. The molecule has 1 saturated carbocycles. The van der Waals surface area contributed by atoms with Crippen molar-refractivity contribution in [2.75, 3.05) is 17.6 Å². The predicted molar refractivity (Wildman–Crippen MR) is 132 cm³/mol. The maximum atomic E-state index is 12.8. The fourth-order valence-corrected chi connectivity index (χ4v) is 5.37. The molecule has 1 saturated heterocycles. The summed E-state index contributed by atoms with van der Waals surface area (Å²) in [5, 5.41) is 12.3. The van der Waals surface area contributed by atoms with Gasteiger partial charge in [0.05, 0.1) is 11.4 Å². The number of carbonyl (C=O) groups is 1. The van der Waals surface area contributed by atoms with E-state index in [2.05, 4.69) is 33.6 Å². The maximum absolute atomic E-state index is 12.8. The molecule has 0 spiro atoms. The standard InChI is InChI=1S/C26H27N7O/c1-2-15-4-3-5-19(10-15)31-26(34)18-8-6-17(7-9-18)23-22-24(27)29-14-30-25(22)33(32-23)21-12-16-11-20(21)28-13-16/h3-10,14,16,20-21,28H,2,11-13H2,1H3,(H,31,34)(H2,27,29,30). The van der Waals surface area contributed by atoms with Gasteiger partial charge in [0.15, 0.2) is 5.65 Å². The Morgan fingerprint density at radius 2 is 2.03 bits per heavy atom. The largest absolute Gasteiger partial charge is 0.383 e. The number of piperidine rings is 1. The summed E-state index contributed by atoms with van der Waals surface area (Å²) >= 11 is 0. The zero-order chi connectivity index (χ0) is 23.2. The number of amides is 1. The molecule has 3 heterocycles. The number of carbonyl (C=O) groups excluding carboxylic acids is 1. The molecule has 0 radical (unpaired) electrons. The fourth-order valence-electron chi connectivity index (χ4n) is 5.37. The van der Waals surface area contributed by atoms with Gasteiger partial charge in [-0.2, -0.15) is 5.10 Å². The summed E-state index contributed by atoms with van der Waals surface area (Å²) in [6, 6.07) is 16.0. The number of rotatable bonds is 5. The molecule has 3 unspecified atom stereocenters. The highest BCUT2D eigenvalue weighted by Gasteiger charge is 2.42. The highest BCUT2D eigenvalue weighted by atomic mass is 16.1. The minimum atomic E-state index is -0.147. The van der Waals surface area contributed by atoms with Crippen molar-refractivity contribution in [3.05, 3.63) is 66.0 Å². The minimum absolute atomic E-state index is 0.147. The van der Waals surface area contributed by atoms with E-state index in [1.807, 2.05) is 47.1 Å². The number of benzene rings is 2. The normalized spacial score (nSPS) is 21.3. The topological polar surface area (TPSA) is 111 Å². The SMILES string of the molecule is CCc1cccc(NC(=O)c2ccc(-c3nn(C4CC5CNC4C5)c4ncnc(N)c34)cc2)c1. The van der Waals surface area contributed by atoms with E-state index < -0.39 is 0 Å². The Morgan fingerprint density at radius 1 is 1.18 bits per heavy atom. The number of hydrogen-bond donors (Lipinski definition) is 3. The van der Waals surface area contributed by atoms with Crippen LogP contribution in [0, 0.1) is 5.92 Å². The van der Waals surface area contributed by atoms with Crippen molar-refractivity contribution < 1.29 is 4.79 Å². The van der Waals surface area contributed by atoms with E-state index >= 15 is 0 Å². The Kier molecular flexibility index (Phi) is 5.03. The molecular formula is C26H27N7O. The van der Waals surface area contributed by atoms with E-state index in [1.165, 1.54) is 18.3 Å². The van der Waals surface area contributed by atoms with Gasteiger partial charge in [-0.3, -0.25) is 4.79 Å². The minimum Gasteiger partial charge on any atom is -0.383 e. The summed E-state index contributed by atoms with van der Waals surface area (Å²) in [6.45, 7) is 3.17. The average molecular weight is 454 g/mol. The van der Waals surface area contributed by atoms with E-state index in [1.54, 1.807) is 0 Å². The van der Waals surface area contributed by atoms with Gasteiger partial charge in [0, 0.05) is 22.9 Å². The summed E-state index contributed by atoms with van der Waals surface area (Å²) in [5.41, 5.74) is 11.2. The lowest BCUT2D eigenvalue weighted by Crippen LogP contribution is -2.35. The van der Waals surface area contributed by atoms with Gasteiger partial charge in [-0.25, -0.2) is 14.6 Å². The molecule has 1 aliphatic heterocycles. The lowest BCUT2D eigenvalue weighted by atomic mass is 10.1. The monoisotopic (exact) mass is 453 g/mol. The van der Waals surface area contributed by atoms with Crippen molar-refractivity contribution in [2.24, 2.45) is 5.92 Å². The van der Waals surface area contributed by atoms with Crippen molar-refractivity contribution >= 4 is 28.4 Å². The molecule has 1 aliphatic carbocycles. The number of nitrogens with two attached hydrogens (primary N) is 1. The third-order valence-electron chi connectivity index (χ3n) is 7.14. The lowest BCUT2D eigenvalue weighted by Gasteiger charge is -2.23. The number of nitrogens with one attached hydrogen (secondary N) is 2. The summed E-state index contributed by atoms with van der Waals surface area (Å²) in [7, 11) is 0. The maximum Gasteiger partial charge on any atom is 0.255 e. The van der Waals surface area contributed by atoms with Gasteiger partial charge in [-0.05, 0) is 61.6 Å². The van der Waals surface area contributed by atoms with Gasteiger partial charge in [0.1, 0.15) is 17.8 Å². The first kappa shape index (κ1) is 20.8. The Morgan fingerprint density at radius 3 is 2.76 bits per heavy atom. The summed E-state index contributed by atoms with van der Waals surface area (Å²) in [5.74, 6) is 0.957. The molecule has 2 aromatic carbocycles. The fraction of sp³-hybridized carbons (Fsp3) is 0.308. The van der Waals surface area contributed by atoms with Crippen LogP contribution in [0.1, 0.15) is 41.7 Å². The number of anilines is 2. The zero-order valence-corrected chi connectivity index (χ0v) is 19.0. The summed E-state index contributed by atoms with van der Waals surface area (Å²) in [6.07, 6.45) is 4.69. The number of fused-ring (bicyclic) bond motifs is 3. The van der Waals surface area contributed by atoms with Crippen LogP contribution < -0.4 is 16.4 Å². The lowest BCUT2D eigenvalue weighted by molar-refractivity contribution is 0.102. The number of nitrogen functional groups attached to an aromatic ring is 1. The number of nitrogens with zero attached hydrogens (tertiary/aromatic N) is 4. The first-order valence-corrected chi connectivity index (χ1v) is 11.8. The third-order valence-corrected chi connectivity index (χ3v) is 7.14. The average Bonchev–Trinajstić information content (AvgIpc) is 3.59. The van der Waals surface area contributed by atoms with Crippen LogP contribution in [0.4, 0.5) is 11.5 Å². The molecule has 4 N–H and O–H groups in total. The number of aromatic nitrogens is 4. The van der Waals surface area contributed by atoms with Crippen molar-refractivity contribution in [3.63, 3.8) is 0 Å². The molecule has 2 aromatic heterocycles. The van der Waals surface area contributed by atoms with Gasteiger partial charge in [-0.15, -0.1) is 0 Å². The molecule has 2 aliphatic rings. The van der Waals surface area contributed by atoms with Crippen LogP contribution in [0.2, 0.25) is 0 Å². The first-order chi connectivity index (χ1) is 16.6. The van der Waals surface area contributed by atoms with Gasteiger partial charge >= 0.3 is 0 Å². The molecule has 8 heteroatoms. The summed E-state index contributed by atoms with van der Waals surface area (Å²) in [4.78, 5) is 21.6. The van der Waals surface area contributed by atoms with Crippen LogP contribution >= 0.6 is 0 Å². The highest BCUT2D eigenvalue weighted by Crippen LogP contribution is 2.41. The van der Waals surface area contributed by atoms with Gasteiger partial charge < -0.3 is 16.4 Å². The molecule has 1 amide bonds. The van der Waals surface area contributed by atoms with Crippen LogP contribution in [-0.2, 0) is 6.42 Å². The van der Waals surface area contributed by atoms with E-state index in [0.717, 1.165) is 47.4 Å². The van der Waals surface area contributed by atoms with Crippen molar-refractivity contribution in [1.82, 2.24) is 25.1 Å². The quantitative estimate of drug-likeness (QED) is 0.424. The highest BCUT2D eigenvalue weighted by molar-refractivity contribution is 6.05. The molecule has 2 bridgehead atoms. The van der Waals surface area contributed by atoms with Crippen LogP contribution in [0.5, 0.6) is 0 Å². The molecule has 172 valence electrons. The Balaban J connectivity index is 1.32. The van der Waals surface area contributed by atoms with Crippen molar-refractivity contribution in [2.45, 2.75) is 38.3 Å². The molecule has 6 rings (SSSR count). The smallest absolute Gasteiger partial charge is 0.255 e. The molecule has 3 atom stereocenters. The van der Waals surface area contributed by atoms with E-state index in [9.17, 15) is 4.79 Å². The molecule has 2 fully saturated rings. The molecule has 8 nitrogen and oxygen atoms in total. The first-order valence-electron chi connectivity index (χ1n) is 11.8. The molecule has 34 heavy (non-hydrogen) atoms. The Hall–Kier alpha value is -3.78. The van der Waals surface area contributed by atoms with Crippen molar-refractivity contribution in [1.29, 1.82) is 0 Å². The summed E-state index contributed by atoms with van der Waals surface area (Å²) < 4.78 is 2.03. The zero-order valence-electron chi connectivity index (χ0n) is 19.0. The molecular weight excluding hydrogens is 426 g/mol. The number of hydrogen-bond acceptors (Lipinski definition) is 6. The second-order valence-corrected chi connectivity index (χ2v) is 9.26. The van der Waals surface area contributed by atoms with Crippen molar-refractivity contribution in [3.8, 4) is 11.3 Å². The van der Waals surface area contributed by atoms with Crippen LogP contribution in [-0.4, -0.2) is 38.2 Å². The van der Waals surface area contributed by atoms with Gasteiger partial charge in [0.25, 0.3) is 5.91 Å². The Labute approximate surface area is 197 Å². The Bertz CT molecular complexity index is 1380. The second-order valence-electron chi connectivity index (χ2n) is 9.26. The van der Waals surface area contributed by atoms with E-state index in [4.69, 9.17) is 10.8 Å². The van der Waals surface area contributed by atoms with E-state index in [-0.39, 0.29) is 11.9 Å². The third kappa shape index (κ3) is 3.51.